The third-order valence-corrected chi connectivity index (χ3v) is 4.25. The number of hydrogen-bond acceptors (Lipinski definition) is 5. The topological polar surface area (TPSA) is 78.9 Å². The molecular formula is C15H13ClFN5O. The number of hydrogen-bond donors (Lipinski definition) is 1. The van der Waals surface area contributed by atoms with Crippen molar-refractivity contribution < 1.29 is 9.13 Å². The third kappa shape index (κ3) is 1.96. The molecule has 4 rings (SSSR count). The highest BCUT2D eigenvalue weighted by Gasteiger charge is 2.29. The van der Waals surface area contributed by atoms with Crippen molar-refractivity contribution in [3.63, 3.8) is 0 Å². The van der Waals surface area contributed by atoms with Gasteiger partial charge in [0.2, 0.25) is 5.95 Å². The minimum atomic E-state index is -0.452. The molecule has 23 heavy (non-hydrogen) atoms. The van der Waals surface area contributed by atoms with Crippen LogP contribution in [0.5, 0.6) is 5.75 Å². The van der Waals surface area contributed by atoms with Gasteiger partial charge in [-0.05, 0) is 19.9 Å². The fourth-order valence-electron chi connectivity index (χ4n) is 3.03. The molecule has 0 saturated carbocycles. The summed E-state index contributed by atoms with van der Waals surface area (Å²) >= 11 is 6.17. The Bertz CT molecular complexity index is 955. The summed E-state index contributed by atoms with van der Waals surface area (Å²) in [6.07, 6.45) is 1.39. The Hall–Kier alpha value is -2.41. The van der Waals surface area contributed by atoms with Crippen molar-refractivity contribution in [2.75, 3.05) is 12.3 Å². The Balaban J connectivity index is 2.12. The van der Waals surface area contributed by atoms with Gasteiger partial charge in [0.25, 0.3) is 0 Å². The van der Waals surface area contributed by atoms with E-state index >= 15 is 0 Å². The number of ether oxygens (including phenoxy) is 1. The third-order valence-electron chi connectivity index (χ3n) is 3.97. The van der Waals surface area contributed by atoms with Gasteiger partial charge in [0.1, 0.15) is 23.5 Å². The lowest BCUT2D eigenvalue weighted by atomic mass is 10.1. The van der Waals surface area contributed by atoms with Crippen molar-refractivity contribution in [2.24, 2.45) is 0 Å². The molecule has 0 fully saturated rings. The number of nitrogens with two attached hydrogens (primary N) is 1. The maximum Gasteiger partial charge on any atom is 0.220 e. The minimum absolute atomic E-state index is 0.0611. The second-order valence-electron chi connectivity index (χ2n) is 5.55. The molecule has 3 aromatic rings. The molecule has 3 heterocycles. The van der Waals surface area contributed by atoms with Crippen LogP contribution in [0.1, 0.15) is 18.8 Å². The first-order valence-electron chi connectivity index (χ1n) is 7.09. The Kier molecular flexibility index (Phi) is 2.96. The van der Waals surface area contributed by atoms with E-state index in [0.29, 0.717) is 29.1 Å². The summed E-state index contributed by atoms with van der Waals surface area (Å²) in [4.78, 5) is 12.3. The molecule has 8 heteroatoms. The largest absolute Gasteiger partial charge is 0.488 e. The van der Waals surface area contributed by atoms with Gasteiger partial charge in [-0.3, -0.25) is 0 Å². The van der Waals surface area contributed by atoms with E-state index in [9.17, 15) is 4.39 Å². The summed E-state index contributed by atoms with van der Waals surface area (Å²) < 4.78 is 22.4. The molecule has 0 unspecified atom stereocenters. The number of imidazole rings is 1. The Morgan fingerprint density at radius 3 is 3.00 bits per heavy atom. The van der Waals surface area contributed by atoms with E-state index < -0.39 is 5.82 Å². The van der Waals surface area contributed by atoms with Crippen molar-refractivity contribution in [1.29, 1.82) is 0 Å². The van der Waals surface area contributed by atoms with E-state index in [0.717, 1.165) is 5.82 Å². The van der Waals surface area contributed by atoms with Gasteiger partial charge in [-0.2, -0.15) is 0 Å². The molecule has 2 aromatic heterocycles. The molecule has 0 radical (unpaired) electrons. The van der Waals surface area contributed by atoms with E-state index in [1.54, 1.807) is 0 Å². The predicted octanol–water partition coefficient (Wildman–Crippen LogP) is 3.13. The van der Waals surface area contributed by atoms with E-state index in [2.05, 4.69) is 15.0 Å². The van der Waals surface area contributed by atoms with Crippen LogP contribution >= 0.6 is 11.6 Å². The standard InChI is InChI=1S/C15H13ClFN5O/c1-6-5-23-14-8(11-9(16)4-19-15(18)21-11)3-10(17)12-13(14)22(6)7(2)20-12/h3-4,6H,5H2,1-2H3,(H2,18,19,21)/t6-/m0/s1. The van der Waals surface area contributed by atoms with Crippen molar-refractivity contribution >= 4 is 28.6 Å². The van der Waals surface area contributed by atoms with Crippen LogP contribution in [-0.4, -0.2) is 26.1 Å². The van der Waals surface area contributed by atoms with Crippen molar-refractivity contribution in [3.05, 3.63) is 28.9 Å². The van der Waals surface area contributed by atoms with Gasteiger partial charge in [0.05, 0.1) is 23.0 Å². The van der Waals surface area contributed by atoms with Crippen LogP contribution in [0.2, 0.25) is 5.02 Å². The molecule has 0 saturated heterocycles. The van der Waals surface area contributed by atoms with Gasteiger partial charge in [-0.25, -0.2) is 19.3 Å². The highest BCUT2D eigenvalue weighted by atomic mass is 35.5. The van der Waals surface area contributed by atoms with Crippen LogP contribution in [-0.2, 0) is 0 Å². The molecule has 1 aliphatic heterocycles. The lowest BCUT2D eigenvalue weighted by Gasteiger charge is -2.25. The van der Waals surface area contributed by atoms with E-state index in [4.69, 9.17) is 22.1 Å². The molecular weight excluding hydrogens is 321 g/mol. The monoisotopic (exact) mass is 333 g/mol. The fourth-order valence-corrected chi connectivity index (χ4v) is 3.22. The van der Waals surface area contributed by atoms with E-state index in [-0.39, 0.29) is 22.5 Å². The van der Waals surface area contributed by atoms with Gasteiger partial charge < -0.3 is 15.0 Å². The van der Waals surface area contributed by atoms with Crippen molar-refractivity contribution in [3.8, 4) is 17.0 Å². The summed E-state index contributed by atoms with van der Waals surface area (Å²) in [5.41, 5.74) is 7.33. The zero-order valence-corrected chi connectivity index (χ0v) is 13.2. The molecule has 118 valence electrons. The summed E-state index contributed by atoms with van der Waals surface area (Å²) in [7, 11) is 0. The molecule has 1 aliphatic rings. The molecule has 6 nitrogen and oxygen atoms in total. The molecule has 2 N–H and O–H groups in total. The summed E-state index contributed by atoms with van der Waals surface area (Å²) in [5.74, 6) is 0.860. The number of benzene rings is 1. The number of aryl methyl sites for hydroxylation is 1. The molecule has 0 aliphatic carbocycles. The predicted molar refractivity (Wildman–Crippen MR) is 85.1 cm³/mol. The van der Waals surface area contributed by atoms with E-state index in [1.165, 1.54) is 12.3 Å². The molecule has 1 atom stereocenters. The van der Waals surface area contributed by atoms with Gasteiger partial charge in [0.15, 0.2) is 11.6 Å². The number of anilines is 1. The van der Waals surface area contributed by atoms with E-state index in [1.807, 2.05) is 18.4 Å². The normalized spacial score (nSPS) is 16.6. The maximum absolute atomic E-state index is 14.6. The zero-order valence-electron chi connectivity index (χ0n) is 12.5. The summed E-state index contributed by atoms with van der Waals surface area (Å²) in [6, 6.07) is 1.39. The zero-order chi connectivity index (χ0) is 16.3. The lowest BCUT2D eigenvalue weighted by Crippen LogP contribution is -2.20. The fraction of sp³-hybridized carbons (Fsp3) is 0.267. The van der Waals surface area contributed by atoms with Crippen LogP contribution in [0, 0.1) is 12.7 Å². The van der Waals surface area contributed by atoms with Crippen LogP contribution in [0.25, 0.3) is 22.3 Å². The van der Waals surface area contributed by atoms with Crippen molar-refractivity contribution in [2.45, 2.75) is 19.9 Å². The number of halogens is 2. The molecule has 0 bridgehead atoms. The van der Waals surface area contributed by atoms with Gasteiger partial charge in [-0.1, -0.05) is 11.6 Å². The maximum atomic E-state index is 14.6. The Morgan fingerprint density at radius 2 is 2.22 bits per heavy atom. The van der Waals surface area contributed by atoms with Crippen LogP contribution in [0.4, 0.5) is 10.3 Å². The number of nitrogens with zero attached hydrogens (tertiary/aromatic N) is 4. The average Bonchev–Trinajstić information content (AvgIpc) is 2.87. The second-order valence-corrected chi connectivity index (χ2v) is 5.95. The molecule has 0 amide bonds. The van der Waals surface area contributed by atoms with Crippen LogP contribution in [0.15, 0.2) is 12.3 Å². The van der Waals surface area contributed by atoms with Gasteiger partial charge >= 0.3 is 0 Å². The Labute approximate surface area is 136 Å². The first-order chi connectivity index (χ1) is 11.0. The Morgan fingerprint density at radius 1 is 1.43 bits per heavy atom. The number of nitrogen functional groups attached to an aromatic ring is 1. The molecule has 0 spiro atoms. The average molecular weight is 334 g/mol. The first kappa shape index (κ1) is 14.2. The SMILES string of the molecule is Cc1nc2c(F)cc(-c3nc(N)ncc3Cl)c3c2n1[C@@H](C)CO3. The highest BCUT2D eigenvalue weighted by Crippen LogP contribution is 2.43. The summed E-state index contributed by atoms with van der Waals surface area (Å²) in [6.45, 7) is 4.30. The first-order valence-corrected chi connectivity index (χ1v) is 7.47. The number of aromatic nitrogens is 4. The van der Waals surface area contributed by atoms with Crippen LogP contribution < -0.4 is 10.5 Å². The summed E-state index contributed by atoms with van der Waals surface area (Å²) in [5, 5.41) is 0.277. The highest BCUT2D eigenvalue weighted by molar-refractivity contribution is 6.33. The molecule has 1 aromatic carbocycles. The van der Waals surface area contributed by atoms with Gasteiger partial charge in [-0.15, -0.1) is 0 Å². The quantitative estimate of drug-likeness (QED) is 0.740. The second kappa shape index (κ2) is 4.79. The van der Waals surface area contributed by atoms with Gasteiger partial charge in [0, 0.05) is 5.56 Å². The number of rotatable bonds is 1. The van der Waals surface area contributed by atoms with Crippen LogP contribution in [0.3, 0.4) is 0 Å². The smallest absolute Gasteiger partial charge is 0.220 e. The van der Waals surface area contributed by atoms with Crippen molar-refractivity contribution in [1.82, 2.24) is 19.5 Å². The minimum Gasteiger partial charge on any atom is -0.488 e. The lowest BCUT2D eigenvalue weighted by molar-refractivity contribution is 0.247.